The van der Waals surface area contributed by atoms with Crippen LogP contribution in [0.3, 0.4) is 0 Å². The van der Waals surface area contributed by atoms with Gasteiger partial charge in [-0.15, -0.1) is 0 Å². The van der Waals surface area contributed by atoms with Gasteiger partial charge >= 0.3 is 0 Å². The van der Waals surface area contributed by atoms with E-state index in [0.717, 1.165) is 0 Å². The number of nitrogens with zero attached hydrogens (tertiary/aromatic N) is 1. The van der Waals surface area contributed by atoms with Gasteiger partial charge in [0, 0.05) is 29.7 Å². The molecule has 2 unspecified atom stereocenters. The Bertz CT molecular complexity index is 944. The van der Waals surface area contributed by atoms with E-state index in [1.165, 1.54) is 24.0 Å². The maximum atomic E-state index is 13.4. The van der Waals surface area contributed by atoms with Crippen molar-refractivity contribution in [3.8, 4) is 0 Å². The van der Waals surface area contributed by atoms with E-state index in [1.807, 2.05) is 0 Å². The Morgan fingerprint density at radius 3 is 2.79 bits per heavy atom. The number of H-pyrrole nitrogens is 1. The molecular weight excluding hydrogens is 381 g/mol. The lowest BCUT2D eigenvalue weighted by Crippen LogP contribution is -2.55. The molecule has 4 atom stereocenters. The first-order valence-electron chi connectivity index (χ1n) is 9.25. The number of aliphatic hydroxyl groups excluding tert-OH is 1. The lowest BCUT2D eigenvalue weighted by Gasteiger charge is -2.26. The molecule has 1 aromatic heterocycles. The van der Waals surface area contributed by atoms with E-state index in [1.54, 1.807) is 12.3 Å². The molecule has 7 N–H and O–H groups in total. The summed E-state index contributed by atoms with van der Waals surface area (Å²) >= 11 is 0. The van der Waals surface area contributed by atoms with Crippen molar-refractivity contribution in [2.24, 2.45) is 11.5 Å². The van der Waals surface area contributed by atoms with Gasteiger partial charge in [0.2, 0.25) is 17.7 Å². The second kappa shape index (κ2) is 8.18. The quantitative estimate of drug-likeness (QED) is 0.423. The van der Waals surface area contributed by atoms with Crippen molar-refractivity contribution < 1.29 is 23.9 Å². The molecule has 2 aromatic rings. The van der Waals surface area contributed by atoms with E-state index in [2.05, 4.69) is 10.3 Å². The van der Waals surface area contributed by atoms with Gasteiger partial charge in [-0.3, -0.25) is 14.4 Å². The van der Waals surface area contributed by atoms with E-state index in [0.29, 0.717) is 16.5 Å². The molecule has 1 saturated heterocycles. The SMILES string of the molecule is C[C@H](O)[C@@H](NC(=O)C1CC(N)CN1C(=O)Cc1c[nH]c2cc(F)ccc12)C(N)=O. The molecule has 1 aliphatic rings. The number of hydrogen-bond acceptors (Lipinski definition) is 5. The number of likely N-dealkylation sites (tertiary alicyclic amines) is 1. The topological polar surface area (TPSA) is 155 Å². The summed E-state index contributed by atoms with van der Waals surface area (Å²) in [5.41, 5.74) is 12.4. The number of rotatable bonds is 6. The van der Waals surface area contributed by atoms with Crippen LogP contribution in [-0.4, -0.2) is 63.5 Å². The van der Waals surface area contributed by atoms with Gasteiger partial charge in [0.25, 0.3) is 0 Å². The highest BCUT2D eigenvalue weighted by Crippen LogP contribution is 2.23. The smallest absolute Gasteiger partial charge is 0.243 e. The highest BCUT2D eigenvalue weighted by molar-refractivity contribution is 5.94. The predicted octanol–water partition coefficient (Wildman–Crippen LogP) is -0.871. The fourth-order valence-electron chi connectivity index (χ4n) is 3.64. The van der Waals surface area contributed by atoms with E-state index in [4.69, 9.17) is 11.5 Å². The number of fused-ring (bicyclic) bond motifs is 1. The standard InChI is InChI=1S/C19H24FN5O4/c1-9(26)17(18(22)28)24-19(29)15-6-12(21)8-25(15)16(27)4-10-7-23-14-5-11(20)2-3-13(10)14/h2-3,5,7,9,12,15,17,23,26H,4,6,8,21H2,1H3,(H2,22,28)(H,24,29)/t9-,12?,15?,17+/m0/s1. The monoisotopic (exact) mass is 405 g/mol. The first-order valence-corrected chi connectivity index (χ1v) is 9.25. The summed E-state index contributed by atoms with van der Waals surface area (Å²) in [6, 6.07) is 1.70. The largest absolute Gasteiger partial charge is 0.391 e. The van der Waals surface area contributed by atoms with Gasteiger partial charge in [-0.05, 0) is 37.1 Å². The molecule has 1 aliphatic heterocycles. The fourth-order valence-corrected chi connectivity index (χ4v) is 3.64. The maximum absolute atomic E-state index is 13.4. The number of amides is 3. The average molecular weight is 405 g/mol. The summed E-state index contributed by atoms with van der Waals surface area (Å²) in [5, 5.41) is 12.8. The van der Waals surface area contributed by atoms with Crippen LogP contribution in [0.4, 0.5) is 4.39 Å². The number of primary amides is 1. The summed E-state index contributed by atoms with van der Waals surface area (Å²) in [5.74, 6) is -2.19. The Hall–Kier alpha value is -2.98. The summed E-state index contributed by atoms with van der Waals surface area (Å²) in [7, 11) is 0. The molecule has 0 spiro atoms. The van der Waals surface area contributed by atoms with Crippen molar-refractivity contribution in [1.29, 1.82) is 0 Å². The van der Waals surface area contributed by atoms with Gasteiger partial charge in [-0.25, -0.2) is 4.39 Å². The van der Waals surface area contributed by atoms with Gasteiger partial charge in [0.1, 0.15) is 17.9 Å². The van der Waals surface area contributed by atoms with Crippen LogP contribution in [0.1, 0.15) is 18.9 Å². The zero-order chi connectivity index (χ0) is 21.3. The summed E-state index contributed by atoms with van der Waals surface area (Å²) < 4.78 is 13.4. The maximum Gasteiger partial charge on any atom is 0.243 e. The lowest BCUT2D eigenvalue weighted by molar-refractivity contribution is -0.139. The third-order valence-corrected chi connectivity index (χ3v) is 5.11. The predicted molar refractivity (Wildman–Crippen MR) is 103 cm³/mol. The molecule has 0 aliphatic carbocycles. The molecule has 0 bridgehead atoms. The molecule has 0 radical (unpaired) electrons. The van der Waals surface area contributed by atoms with Gasteiger partial charge in [-0.1, -0.05) is 0 Å². The molecule has 156 valence electrons. The Morgan fingerprint density at radius 2 is 2.14 bits per heavy atom. The van der Waals surface area contributed by atoms with Crippen LogP contribution in [0.25, 0.3) is 10.9 Å². The van der Waals surface area contributed by atoms with Gasteiger partial charge < -0.3 is 31.8 Å². The Labute approximate surface area is 166 Å². The number of nitrogens with one attached hydrogen (secondary N) is 2. The van der Waals surface area contributed by atoms with Crippen LogP contribution < -0.4 is 16.8 Å². The summed E-state index contributed by atoms with van der Waals surface area (Å²) in [6.07, 6.45) is 0.672. The first kappa shape index (κ1) is 20.7. The zero-order valence-electron chi connectivity index (χ0n) is 15.9. The van der Waals surface area contributed by atoms with Crippen molar-refractivity contribution in [2.75, 3.05) is 6.54 Å². The number of nitrogens with two attached hydrogens (primary N) is 2. The number of aromatic nitrogens is 1. The van der Waals surface area contributed by atoms with Gasteiger partial charge in [0.15, 0.2) is 0 Å². The van der Waals surface area contributed by atoms with Crippen LogP contribution in [0, 0.1) is 5.82 Å². The molecule has 10 heteroatoms. The third kappa shape index (κ3) is 4.38. The van der Waals surface area contributed by atoms with Crippen LogP contribution in [-0.2, 0) is 20.8 Å². The fraction of sp³-hybridized carbons (Fsp3) is 0.421. The number of halogens is 1. The Morgan fingerprint density at radius 1 is 1.41 bits per heavy atom. The van der Waals surface area contributed by atoms with Crippen molar-refractivity contribution in [1.82, 2.24) is 15.2 Å². The Balaban J connectivity index is 1.75. The molecule has 0 saturated carbocycles. The molecule has 29 heavy (non-hydrogen) atoms. The van der Waals surface area contributed by atoms with E-state index < -0.39 is 36.0 Å². The number of benzene rings is 1. The number of aliphatic hydroxyl groups is 1. The van der Waals surface area contributed by atoms with Crippen molar-refractivity contribution in [3.05, 3.63) is 35.8 Å². The summed E-state index contributed by atoms with van der Waals surface area (Å²) in [6.45, 7) is 1.52. The summed E-state index contributed by atoms with van der Waals surface area (Å²) in [4.78, 5) is 41.3. The minimum absolute atomic E-state index is 0.00220. The van der Waals surface area contributed by atoms with Crippen LogP contribution in [0.15, 0.2) is 24.4 Å². The Kier molecular flexibility index (Phi) is 5.85. The van der Waals surface area contributed by atoms with Crippen molar-refractivity contribution >= 4 is 28.6 Å². The molecule has 1 fully saturated rings. The molecule has 3 rings (SSSR count). The highest BCUT2D eigenvalue weighted by atomic mass is 19.1. The third-order valence-electron chi connectivity index (χ3n) is 5.11. The van der Waals surface area contributed by atoms with Gasteiger partial charge in [-0.2, -0.15) is 0 Å². The number of carbonyl (C=O) groups is 3. The van der Waals surface area contributed by atoms with E-state index in [-0.39, 0.29) is 31.1 Å². The number of carbonyl (C=O) groups excluding carboxylic acids is 3. The second-order valence-corrected chi connectivity index (χ2v) is 7.37. The second-order valence-electron chi connectivity index (χ2n) is 7.37. The van der Waals surface area contributed by atoms with Gasteiger partial charge in [0.05, 0.1) is 12.5 Å². The minimum atomic E-state index is -1.26. The zero-order valence-corrected chi connectivity index (χ0v) is 15.9. The van der Waals surface area contributed by atoms with Crippen LogP contribution in [0.5, 0.6) is 0 Å². The first-order chi connectivity index (χ1) is 13.7. The average Bonchev–Trinajstić information content (AvgIpc) is 3.22. The number of aromatic amines is 1. The van der Waals surface area contributed by atoms with E-state index in [9.17, 15) is 23.9 Å². The normalized spacial score (nSPS) is 21.2. The molecule has 1 aromatic carbocycles. The minimum Gasteiger partial charge on any atom is -0.391 e. The lowest BCUT2D eigenvalue weighted by atomic mass is 10.1. The van der Waals surface area contributed by atoms with E-state index >= 15 is 0 Å². The molecule has 3 amide bonds. The number of hydrogen-bond donors (Lipinski definition) is 5. The molecule has 9 nitrogen and oxygen atoms in total. The van der Waals surface area contributed by atoms with Crippen molar-refractivity contribution in [2.45, 2.75) is 44.0 Å². The van der Waals surface area contributed by atoms with Crippen LogP contribution >= 0.6 is 0 Å². The molecular formula is C19H24FN5O4. The van der Waals surface area contributed by atoms with Crippen LogP contribution in [0.2, 0.25) is 0 Å². The highest BCUT2D eigenvalue weighted by Gasteiger charge is 2.39. The molecule has 2 heterocycles. The van der Waals surface area contributed by atoms with Crippen molar-refractivity contribution in [3.63, 3.8) is 0 Å².